The van der Waals surface area contributed by atoms with Crippen LogP contribution in [0.1, 0.15) is 29.8 Å². The quantitative estimate of drug-likeness (QED) is 0.615. The van der Waals surface area contributed by atoms with Gasteiger partial charge in [-0.15, -0.1) is 13.2 Å². The largest absolute Gasteiger partial charge is 0.573 e. The molecule has 0 heterocycles. The second-order valence-corrected chi connectivity index (χ2v) is 5.12. The smallest absolute Gasteiger partial charge is 0.406 e. The van der Waals surface area contributed by atoms with Crippen LogP contribution in [0.5, 0.6) is 5.75 Å². The zero-order valence-electron chi connectivity index (χ0n) is 9.84. The Hall–Kier alpha value is -1.04. The van der Waals surface area contributed by atoms with Crippen molar-refractivity contribution in [2.45, 2.75) is 31.5 Å². The molecule has 0 bridgehead atoms. The predicted molar refractivity (Wildman–Crippen MR) is 65.2 cm³/mol. The maximum Gasteiger partial charge on any atom is 0.573 e. The van der Waals surface area contributed by atoms with Crippen LogP contribution in [0, 0.1) is 0 Å². The molecule has 0 spiro atoms. The summed E-state index contributed by atoms with van der Waals surface area (Å²) in [5, 5.41) is 0. The molecule has 6 heteroatoms. The zero-order valence-corrected chi connectivity index (χ0v) is 11.4. The molecule has 0 aliphatic rings. The van der Waals surface area contributed by atoms with Gasteiger partial charge >= 0.3 is 6.36 Å². The van der Waals surface area contributed by atoms with Crippen molar-refractivity contribution in [2.24, 2.45) is 0 Å². The number of benzene rings is 1. The molecule has 0 N–H and O–H groups in total. The summed E-state index contributed by atoms with van der Waals surface area (Å²) in [5.74, 6) is -0.643. The van der Waals surface area contributed by atoms with E-state index in [0.717, 1.165) is 6.07 Å². The molecule has 2 nitrogen and oxygen atoms in total. The summed E-state index contributed by atoms with van der Waals surface area (Å²) in [4.78, 5) is 11.3. The summed E-state index contributed by atoms with van der Waals surface area (Å²) >= 11 is 3.10. The van der Waals surface area contributed by atoms with E-state index in [-0.39, 0.29) is 17.1 Å². The third-order valence-corrected chi connectivity index (χ3v) is 2.67. The molecule has 0 fully saturated rings. The van der Waals surface area contributed by atoms with E-state index in [2.05, 4.69) is 20.7 Å². The number of Topliss-reactive ketones (excluding diaryl/α,β-unsaturated/α-hetero) is 1. The van der Waals surface area contributed by atoms with Crippen molar-refractivity contribution < 1.29 is 22.7 Å². The van der Waals surface area contributed by atoms with E-state index >= 15 is 0 Å². The number of halogens is 4. The number of aryl methyl sites for hydroxylation is 1. The van der Waals surface area contributed by atoms with Gasteiger partial charge in [0.15, 0.2) is 5.78 Å². The third-order valence-electron chi connectivity index (χ3n) is 2.25. The standard InChI is InChI=1S/C12H12BrF3O2/c1-3-8-4-9(11(17)7(2)13)6-10(5-8)18-12(14,15)16/h4-7H,3H2,1-2H3. The van der Waals surface area contributed by atoms with Gasteiger partial charge in [0.05, 0.1) is 4.83 Å². The summed E-state index contributed by atoms with van der Waals surface area (Å²) in [6.45, 7) is 3.41. The number of rotatable bonds is 4. The fourth-order valence-corrected chi connectivity index (χ4v) is 1.69. The molecule has 1 aromatic rings. The lowest BCUT2D eigenvalue weighted by Gasteiger charge is -2.12. The van der Waals surface area contributed by atoms with Gasteiger partial charge < -0.3 is 4.74 Å². The summed E-state index contributed by atoms with van der Waals surface area (Å²) in [6, 6.07) is 3.96. The molecular weight excluding hydrogens is 313 g/mol. The van der Waals surface area contributed by atoms with Crippen LogP contribution in [0.15, 0.2) is 18.2 Å². The topological polar surface area (TPSA) is 26.3 Å². The van der Waals surface area contributed by atoms with Gasteiger partial charge in [-0.3, -0.25) is 4.79 Å². The van der Waals surface area contributed by atoms with Crippen LogP contribution >= 0.6 is 15.9 Å². The molecule has 1 aromatic carbocycles. The van der Waals surface area contributed by atoms with Gasteiger partial charge in [-0.2, -0.15) is 0 Å². The lowest BCUT2D eigenvalue weighted by Crippen LogP contribution is -2.18. The lowest BCUT2D eigenvalue weighted by atomic mass is 10.0. The van der Waals surface area contributed by atoms with Crippen LogP contribution in [-0.4, -0.2) is 17.0 Å². The van der Waals surface area contributed by atoms with E-state index in [0.29, 0.717) is 12.0 Å². The number of alkyl halides is 4. The van der Waals surface area contributed by atoms with Crippen molar-refractivity contribution in [1.82, 2.24) is 0 Å². The molecule has 100 valence electrons. The molecule has 18 heavy (non-hydrogen) atoms. The van der Waals surface area contributed by atoms with Gasteiger partial charge in [0.25, 0.3) is 0 Å². The Morgan fingerprint density at radius 1 is 1.39 bits per heavy atom. The Bertz CT molecular complexity index is 441. The second kappa shape index (κ2) is 5.73. The average molecular weight is 325 g/mol. The first kappa shape index (κ1) is 15.0. The number of carbonyl (C=O) groups is 1. The fourth-order valence-electron chi connectivity index (χ4n) is 1.43. The van der Waals surface area contributed by atoms with Crippen molar-refractivity contribution in [2.75, 3.05) is 0 Å². The summed E-state index contributed by atoms with van der Waals surface area (Å²) < 4.78 is 40.3. The number of ketones is 1. The Kier molecular flexibility index (Phi) is 4.78. The first-order chi connectivity index (χ1) is 8.23. The summed E-state index contributed by atoms with van der Waals surface area (Å²) in [6.07, 6.45) is -4.24. The zero-order chi connectivity index (χ0) is 13.9. The number of hydrogen-bond acceptors (Lipinski definition) is 2. The number of hydrogen-bond donors (Lipinski definition) is 0. The SMILES string of the molecule is CCc1cc(OC(F)(F)F)cc(C(=O)C(C)Br)c1. The molecule has 0 aromatic heterocycles. The third kappa shape index (κ3) is 4.33. The molecule has 0 radical (unpaired) electrons. The van der Waals surface area contributed by atoms with Gasteiger partial charge in [-0.1, -0.05) is 22.9 Å². The Labute approximate surface area is 111 Å². The maximum atomic E-state index is 12.2. The highest BCUT2D eigenvalue weighted by atomic mass is 79.9. The maximum absolute atomic E-state index is 12.2. The van der Waals surface area contributed by atoms with E-state index in [1.807, 2.05) is 0 Å². The first-order valence-corrected chi connectivity index (χ1v) is 6.22. The van der Waals surface area contributed by atoms with Crippen molar-refractivity contribution in [3.8, 4) is 5.75 Å². The van der Waals surface area contributed by atoms with Crippen molar-refractivity contribution >= 4 is 21.7 Å². The van der Waals surface area contributed by atoms with Crippen LogP contribution in [0.25, 0.3) is 0 Å². The van der Waals surface area contributed by atoms with Gasteiger partial charge in [0.1, 0.15) is 5.75 Å². The van der Waals surface area contributed by atoms with Crippen LogP contribution in [-0.2, 0) is 6.42 Å². The van der Waals surface area contributed by atoms with Crippen LogP contribution in [0.3, 0.4) is 0 Å². The minimum Gasteiger partial charge on any atom is -0.406 e. The molecule has 1 atom stereocenters. The van der Waals surface area contributed by atoms with Gasteiger partial charge in [-0.05, 0) is 37.1 Å². The molecular formula is C12H12BrF3O2. The van der Waals surface area contributed by atoms with E-state index in [1.54, 1.807) is 19.9 Å². The van der Waals surface area contributed by atoms with Crippen molar-refractivity contribution in [3.63, 3.8) is 0 Å². The molecule has 0 aliphatic heterocycles. The molecule has 0 saturated heterocycles. The minimum absolute atomic E-state index is 0.206. The van der Waals surface area contributed by atoms with E-state index in [9.17, 15) is 18.0 Å². The van der Waals surface area contributed by atoms with Crippen molar-refractivity contribution in [1.29, 1.82) is 0 Å². The Balaban J connectivity index is 3.13. The van der Waals surface area contributed by atoms with Crippen molar-refractivity contribution in [3.05, 3.63) is 29.3 Å². The Morgan fingerprint density at radius 2 is 2.00 bits per heavy atom. The van der Waals surface area contributed by atoms with Gasteiger partial charge in [0.2, 0.25) is 0 Å². The fraction of sp³-hybridized carbons (Fsp3) is 0.417. The molecule has 0 saturated carbocycles. The normalized spacial score (nSPS) is 13.2. The van der Waals surface area contributed by atoms with Gasteiger partial charge in [0, 0.05) is 5.56 Å². The highest BCUT2D eigenvalue weighted by molar-refractivity contribution is 9.10. The molecule has 1 unspecified atom stereocenters. The Morgan fingerprint density at radius 3 is 2.44 bits per heavy atom. The van der Waals surface area contributed by atoms with Crippen LogP contribution < -0.4 is 4.74 Å². The van der Waals surface area contributed by atoms with Crippen LogP contribution in [0.4, 0.5) is 13.2 Å². The lowest BCUT2D eigenvalue weighted by molar-refractivity contribution is -0.274. The van der Waals surface area contributed by atoms with E-state index in [1.165, 1.54) is 6.07 Å². The predicted octanol–water partition coefficient (Wildman–Crippen LogP) is 4.11. The number of carbonyl (C=O) groups excluding carboxylic acids is 1. The van der Waals surface area contributed by atoms with E-state index < -0.39 is 11.2 Å². The number of ether oxygens (including phenoxy) is 1. The van der Waals surface area contributed by atoms with Gasteiger partial charge in [-0.25, -0.2) is 0 Å². The molecule has 1 rings (SSSR count). The molecule has 0 amide bonds. The summed E-state index contributed by atoms with van der Waals surface area (Å²) in [5.41, 5.74) is 0.825. The second-order valence-electron chi connectivity index (χ2n) is 3.75. The highest BCUT2D eigenvalue weighted by Gasteiger charge is 2.31. The highest BCUT2D eigenvalue weighted by Crippen LogP contribution is 2.26. The first-order valence-electron chi connectivity index (χ1n) is 5.31. The average Bonchev–Trinajstić information content (AvgIpc) is 2.24. The van der Waals surface area contributed by atoms with E-state index in [4.69, 9.17) is 0 Å². The minimum atomic E-state index is -4.76. The summed E-state index contributed by atoms with van der Waals surface area (Å²) in [7, 11) is 0. The monoisotopic (exact) mass is 324 g/mol. The van der Waals surface area contributed by atoms with Crippen LogP contribution in [0.2, 0.25) is 0 Å². The molecule has 0 aliphatic carbocycles.